The molecule has 168 valence electrons. The molecule has 0 saturated carbocycles. The Balaban J connectivity index is 1.49. The number of carbonyl (C=O) groups is 1. The first-order chi connectivity index (χ1) is 15.5. The number of hydrogen-bond donors (Lipinski definition) is 1. The van der Waals surface area contributed by atoms with Gasteiger partial charge in [0.05, 0.1) is 24.8 Å². The van der Waals surface area contributed by atoms with Gasteiger partial charge >= 0.3 is 0 Å². The molecule has 0 spiro atoms. The van der Waals surface area contributed by atoms with Crippen LogP contribution in [-0.4, -0.2) is 50.9 Å². The van der Waals surface area contributed by atoms with E-state index in [9.17, 15) is 13.2 Å². The third-order valence-electron chi connectivity index (χ3n) is 5.72. The van der Waals surface area contributed by atoms with Crippen LogP contribution in [0.1, 0.15) is 12.8 Å². The molecule has 1 amide bonds. The van der Waals surface area contributed by atoms with Crippen molar-refractivity contribution in [2.45, 2.75) is 17.7 Å². The number of fused-ring (bicyclic) bond motifs is 1. The van der Waals surface area contributed by atoms with Gasteiger partial charge in [0, 0.05) is 30.6 Å². The van der Waals surface area contributed by atoms with Crippen molar-refractivity contribution in [3.63, 3.8) is 0 Å². The number of nitrogens with one attached hydrogen (secondary N) is 1. The van der Waals surface area contributed by atoms with Crippen LogP contribution in [0.25, 0.3) is 10.9 Å². The summed E-state index contributed by atoms with van der Waals surface area (Å²) in [5.41, 5.74) is 1.11. The van der Waals surface area contributed by atoms with Crippen LogP contribution in [0.5, 0.6) is 11.5 Å². The van der Waals surface area contributed by atoms with Gasteiger partial charge in [-0.15, -0.1) is 0 Å². The number of pyridine rings is 1. The lowest BCUT2D eigenvalue weighted by Crippen LogP contribution is -2.41. The minimum atomic E-state index is -3.75. The molecule has 0 bridgehead atoms. The maximum absolute atomic E-state index is 13.4. The first-order valence-corrected chi connectivity index (χ1v) is 11.8. The van der Waals surface area contributed by atoms with E-state index in [0.29, 0.717) is 40.9 Å². The molecule has 1 N–H and O–H groups in total. The number of ether oxygens (including phenoxy) is 2. The number of carbonyl (C=O) groups excluding carboxylic acids is 1. The summed E-state index contributed by atoms with van der Waals surface area (Å²) in [5.74, 6) is 0.693. The molecule has 8 nitrogen and oxygen atoms in total. The largest absolute Gasteiger partial charge is 0.495 e. The molecule has 1 fully saturated rings. The van der Waals surface area contributed by atoms with Crippen LogP contribution < -0.4 is 14.8 Å². The predicted octanol–water partition coefficient (Wildman–Crippen LogP) is 3.29. The molecule has 1 aliphatic rings. The summed E-state index contributed by atoms with van der Waals surface area (Å²) in [6.45, 7) is 0.528. The maximum Gasteiger partial charge on any atom is 0.243 e. The summed E-state index contributed by atoms with van der Waals surface area (Å²) in [6, 6.07) is 13.8. The fourth-order valence-corrected chi connectivity index (χ4v) is 5.64. The topological polar surface area (TPSA) is 97.8 Å². The molecule has 1 aromatic heterocycles. The highest BCUT2D eigenvalue weighted by atomic mass is 32.2. The number of anilines is 1. The third-order valence-corrected chi connectivity index (χ3v) is 7.68. The first-order valence-electron chi connectivity index (χ1n) is 10.3. The van der Waals surface area contributed by atoms with E-state index in [0.717, 1.165) is 0 Å². The summed E-state index contributed by atoms with van der Waals surface area (Å²) in [5, 5.41) is 3.42. The number of methoxy groups -OCH3 is 2. The molecular weight excluding hydrogens is 430 g/mol. The standard InChI is InChI=1S/C23H25N3O5S/c1-30-19-8-4-3-7-18(19)25-23(27)16-11-14-26(15-12-16)32(28,29)21-10-9-20(31-2)22-17(21)6-5-13-24-22/h3-10,13,16H,11-12,14-15H2,1-2H3,(H,25,27). The highest BCUT2D eigenvalue weighted by Crippen LogP contribution is 2.33. The van der Waals surface area contributed by atoms with E-state index in [-0.39, 0.29) is 29.8 Å². The number of hydrogen-bond acceptors (Lipinski definition) is 6. The van der Waals surface area contributed by atoms with Gasteiger partial charge in [0.2, 0.25) is 15.9 Å². The molecular formula is C23H25N3O5S. The van der Waals surface area contributed by atoms with Gasteiger partial charge in [-0.3, -0.25) is 9.78 Å². The highest BCUT2D eigenvalue weighted by Gasteiger charge is 2.33. The van der Waals surface area contributed by atoms with Crippen LogP contribution in [0.4, 0.5) is 5.69 Å². The molecule has 32 heavy (non-hydrogen) atoms. The van der Waals surface area contributed by atoms with Crippen molar-refractivity contribution in [1.29, 1.82) is 0 Å². The molecule has 0 aliphatic carbocycles. The van der Waals surface area contributed by atoms with Gasteiger partial charge in [0.25, 0.3) is 0 Å². The summed E-state index contributed by atoms with van der Waals surface area (Å²) in [7, 11) is -0.672. The molecule has 3 aromatic rings. The summed E-state index contributed by atoms with van der Waals surface area (Å²) in [6.07, 6.45) is 2.48. The number of sulfonamides is 1. The molecule has 4 rings (SSSR count). The van der Waals surface area contributed by atoms with Crippen LogP contribution in [-0.2, 0) is 14.8 Å². The number of benzene rings is 2. The van der Waals surface area contributed by atoms with Gasteiger partial charge < -0.3 is 14.8 Å². The third kappa shape index (κ3) is 4.13. The predicted molar refractivity (Wildman–Crippen MR) is 121 cm³/mol. The van der Waals surface area contributed by atoms with Crippen LogP contribution in [0.15, 0.2) is 59.6 Å². The van der Waals surface area contributed by atoms with Crippen molar-refractivity contribution >= 4 is 32.5 Å². The molecule has 9 heteroatoms. The zero-order valence-corrected chi connectivity index (χ0v) is 18.8. The van der Waals surface area contributed by atoms with Gasteiger partial charge in [-0.2, -0.15) is 4.31 Å². The number of aromatic nitrogens is 1. The Kier molecular flexibility index (Phi) is 6.29. The van der Waals surface area contributed by atoms with E-state index in [4.69, 9.17) is 9.47 Å². The number of nitrogens with zero attached hydrogens (tertiary/aromatic N) is 2. The SMILES string of the molecule is COc1ccccc1NC(=O)C1CCN(S(=O)(=O)c2ccc(OC)c3ncccc23)CC1. The van der Waals surface area contributed by atoms with E-state index >= 15 is 0 Å². The molecule has 1 aliphatic heterocycles. The molecule has 0 radical (unpaired) electrons. The first kappa shape index (κ1) is 22.0. The second-order valence-electron chi connectivity index (χ2n) is 7.53. The Morgan fingerprint density at radius 3 is 2.44 bits per heavy atom. The van der Waals surface area contributed by atoms with Crippen molar-refractivity contribution < 1.29 is 22.7 Å². The fraction of sp³-hybridized carbons (Fsp3) is 0.304. The van der Waals surface area contributed by atoms with E-state index in [2.05, 4.69) is 10.3 Å². The number of para-hydroxylation sites is 2. The van der Waals surface area contributed by atoms with Gasteiger partial charge in [0.15, 0.2) is 0 Å². The Bertz CT molecular complexity index is 1240. The smallest absolute Gasteiger partial charge is 0.243 e. The molecule has 0 unspecified atom stereocenters. The van der Waals surface area contributed by atoms with E-state index in [1.54, 1.807) is 49.7 Å². The molecule has 0 atom stereocenters. The maximum atomic E-state index is 13.4. The van der Waals surface area contributed by atoms with Crippen LogP contribution in [0.2, 0.25) is 0 Å². The van der Waals surface area contributed by atoms with E-state index < -0.39 is 10.0 Å². The Hall–Kier alpha value is -3.17. The number of rotatable bonds is 6. The van der Waals surface area contributed by atoms with Crippen LogP contribution in [0.3, 0.4) is 0 Å². The zero-order chi connectivity index (χ0) is 22.7. The van der Waals surface area contributed by atoms with Crippen LogP contribution >= 0.6 is 0 Å². The van der Waals surface area contributed by atoms with Crippen molar-refractivity contribution in [3.05, 3.63) is 54.7 Å². The molecule has 2 heterocycles. The minimum absolute atomic E-state index is 0.134. The van der Waals surface area contributed by atoms with Crippen molar-refractivity contribution in [2.75, 3.05) is 32.6 Å². The second-order valence-corrected chi connectivity index (χ2v) is 9.44. The lowest BCUT2D eigenvalue weighted by atomic mass is 9.97. The normalized spacial score (nSPS) is 15.4. The summed E-state index contributed by atoms with van der Waals surface area (Å²) >= 11 is 0. The average molecular weight is 456 g/mol. The fourth-order valence-electron chi connectivity index (χ4n) is 3.99. The van der Waals surface area contributed by atoms with E-state index in [1.165, 1.54) is 11.4 Å². The average Bonchev–Trinajstić information content (AvgIpc) is 2.83. The Morgan fingerprint density at radius 1 is 1.00 bits per heavy atom. The Labute approximate surface area is 187 Å². The van der Waals surface area contributed by atoms with E-state index in [1.807, 2.05) is 12.1 Å². The number of piperidine rings is 1. The molecule has 1 saturated heterocycles. The van der Waals surface area contributed by atoms with Crippen molar-refractivity contribution in [3.8, 4) is 11.5 Å². The van der Waals surface area contributed by atoms with Gasteiger partial charge in [-0.25, -0.2) is 8.42 Å². The monoisotopic (exact) mass is 455 g/mol. The van der Waals surface area contributed by atoms with Gasteiger partial charge in [-0.1, -0.05) is 12.1 Å². The quantitative estimate of drug-likeness (QED) is 0.613. The highest BCUT2D eigenvalue weighted by molar-refractivity contribution is 7.89. The van der Waals surface area contributed by atoms with Gasteiger partial charge in [0.1, 0.15) is 17.0 Å². The molecule has 2 aromatic carbocycles. The lowest BCUT2D eigenvalue weighted by Gasteiger charge is -2.31. The van der Waals surface area contributed by atoms with Gasteiger partial charge in [-0.05, 0) is 49.2 Å². The van der Waals surface area contributed by atoms with Crippen molar-refractivity contribution in [1.82, 2.24) is 9.29 Å². The summed E-state index contributed by atoms with van der Waals surface area (Å²) < 4.78 is 38.8. The van der Waals surface area contributed by atoms with Crippen LogP contribution in [0, 0.1) is 5.92 Å². The number of amides is 1. The second kappa shape index (κ2) is 9.13. The lowest BCUT2D eigenvalue weighted by molar-refractivity contribution is -0.120. The summed E-state index contributed by atoms with van der Waals surface area (Å²) in [4.78, 5) is 17.2. The zero-order valence-electron chi connectivity index (χ0n) is 17.9. The minimum Gasteiger partial charge on any atom is -0.495 e. The van der Waals surface area contributed by atoms with Crippen molar-refractivity contribution in [2.24, 2.45) is 5.92 Å². The Morgan fingerprint density at radius 2 is 1.72 bits per heavy atom.